The number of benzene rings is 1. The molecule has 0 fully saturated rings. The van der Waals surface area contributed by atoms with Crippen molar-refractivity contribution in [3.8, 4) is 5.75 Å². The number of halogens is 1. The Morgan fingerprint density at radius 3 is 2.62 bits per heavy atom. The van der Waals surface area contributed by atoms with Crippen LogP contribution >= 0.6 is 9.24 Å². The van der Waals surface area contributed by atoms with Crippen molar-refractivity contribution in [1.82, 2.24) is 0 Å². The van der Waals surface area contributed by atoms with Gasteiger partial charge in [0.25, 0.3) is 0 Å². The van der Waals surface area contributed by atoms with Crippen LogP contribution in [0, 0.1) is 6.92 Å². The number of aryl methyl sites for hydroxylation is 1. The lowest BCUT2D eigenvalue weighted by Crippen LogP contribution is -2.45. The first kappa shape index (κ1) is 17.6. The average molecular weight is 312 g/mol. The second-order valence-electron chi connectivity index (χ2n) is 4.93. The third-order valence-electron chi connectivity index (χ3n) is 3.20. The molecular formula is C16H22FO3P. The van der Waals surface area contributed by atoms with Crippen molar-refractivity contribution in [3.05, 3.63) is 34.9 Å². The zero-order valence-corrected chi connectivity index (χ0v) is 14.0. The maximum atomic E-state index is 14.4. The van der Waals surface area contributed by atoms with Gasteiger partial charge in [0.1, 0.15) is 5.75 Å². The lowest BCUT2D eigenvalue weighted by atomic mass is 9.91. The molecule has 0 saturated heterocycles. The molecule has 0 bridgehead atoms. The minimum atomic E-state index is -1.75. The van der Waals surface area contributed by atoms with Gasteiger partial charge in [-0.15, -0.1) is 9.24 Å². The van der Waals surface area contributed by atoms with E-state index in [-0.39, 0.29) is 11.7 Å². The number of alkyl halides is 1. The van der Waals surface area contributed by atoms with E-state index in [0.29, 0.717) is 11.3 Å². The number of rotatable bonds is 3. The number of carboxylic acid groups (broad SMARTS) is 1. The van der Waals surface area contributed by atoms with Crippen LogP contribution in [0.25, 0.3) is 6.08 Å². The van der Waals surface area contributed by atoms with Crippen LogP contribution in [0.3, 0.4) is 0 Å². The molecule has 0 aromatic heterocycles. The van der Waals surface area contributed by atoms with Gasteiger partial charge in [-0.2, -0.15) is 0 Å². The van der Waals surface area contributed by atoms with E-state index >= 15 is 0 Å². The Balaban J connectivity index is 0.00000106. The number of ether oxygens (including phenoxy) is 1. The van der Waals surface area contributed by atoms with Crippen molar-refractivity contribution in [3.63, 3.8) is 0 Å². The molecule has 1 aromatic rings. The Morgan fingerprint density at radius 2 is 2.10 bits per heavy atom. The summed E-state index contributed by atoms with van der Waals surface area (Å²) in [5, 5.41) is 9.24. The quantitative estimate of drug-likeness (QED) is 0.862. The molecule has 1 aliphatic heterocycles. The van der Waals surface area contributed by atoms with Gasteiger partial charge in [0, 0.05) is 11.7 Å². The molecule has 116 valence electrons. The summed E-state index contributed by atoms with van der Waals surface area (Å²) < 4.78 is 20.0. The summed E-state index contributed by atoms with van der Waals surface area (Å²) >= 11 is 0. The second kappa shape index (κ2) is 7.04. The molecule has 5 heteroatoms. The van der Waals surface area contributed by atoms with Gasteiger partial charge in [0.05, 0.1) is 5.57 Å². The van der Waals surface area contributed by atoms with Gasteiger partial charge in [-0.05, 0) is 32.1 Å². The second-order valence-corrected chi connectivity index (χ2v) is 5.33. The van der Waals surface area contributed by atoms with Crippen LogP contribution in [-0.2, 0) is 4.79 Å². The van der Waals surface area contributed by atoms with Crippen LogP contribution in [0.5, 0.6) is 5.75 Å². The predicted molar refractivity (Wildman–Crippen MR) is 86.6 cm³/mol. The molecule has 3 atom stereocenters. The summed E-state index contributed by atoms with van der Waals surface area (Å²) in [5.74, 6) is -0.637. The van der Waals surface area contributed by atoms with Gasteiger partial charge in [0.15, 0.2) is 11.8 Å². The fourth-order valence-electron chi connectivity index (χ4n) is 2.05. The molecule has 1 aromatic carbocycles. The number of fused-ring (bicyclic) bond motifs is 1. The van der Waals surface area contributed by atoms with E-state index in [4.69, 9.17) is 4.74 Å². The van der Waals surface area contributed by atoms with Crippen LogP contribution in [0.15, 0.2) is 23.8 Å². The summed E-state index contributed by atoms with van der Waals surface area (Å²) in [6.45, 7) is 7.25. The van der Waals surface area contributed by atoms with Crippen LogP contribution in [-0.4, -0.2) is 29.0 Å². The topological polar surface area (TPSA) is 46.5 Å². The van der Waals surface area contributed by atoms with E-state index in [9.17, 15) is 14.3 Å². The molecule has 21 heavy (non-hydrogen) atoms. The van der Waals surface area contributed by atoms with Crippen molar-refractivity contribution >= 4 is 21.3 Å². The zero-order chi connectivity index (χ0) is 16.2. The van der Waals surface area contributed by atoms with Crippen molar-refractivity contribution < 1.29 is 19.0 Å². The summed E-state index contributed by atoms with van der Waals surface area (Å²) in [4.78, 5) is 11.3. The first-order chi connectivity index (χ1) is 9.85. The average Bonchev–Trinajstić information content (AvgIpc) is 2.47. The van der Waals surface area contributed by atoms with Crippen LogP contribution in [0.2, 0.25) is 0 Å². The van der Waals surface area contributed by atoms with E-state index in [1.165, 1.54) is 13.0 Å². The maximum absolute atomic E-state index is 14.4. The largest absolute Gasteiger partial charge is 0.481 e. The summed E-state index contributed by atoms with van der Waals surface area (Å²) in [5.41, 5.74) is -0.133. The van der Waals surface area contributed by atoms with Gasteiger partial charge in [-0.1, -0.05) is 25.5 Å². The highest BCUT2D eigenvalue weighted by Gasteiger charge is 2.42. The molecule has 1 aliphatic rings. The van der Waals surface area contributed by atoms with E-state index in [0.717, 1.165) is 5.56 Å². The summed E-state index contributed by atoms with van der Waals surface area (Å²) in [6.07, 6.45) is 0.498. The molecule has 1 N–H and O–H groups in total. The first-order valence-corrected chi connectivity index (χ1v) is 7.78. The monoisotopic (exact) mass is 312 g/mol. The van der Waals surface area contributed by atoms with E-state index in [2.05, 4.69) is 9.24 Å². The van der Waals surface area contributed by atoms with Crippen LogP contribution in [0.4, 0.5) is 4.39 Å². The summed E-state index contributed by atoms with van der Waals surface area (Å²) in [7, 11) is 2.29. The van der Waals surface area contributed by atoms with Gasteiger partial charge in [-0.25, -0.2) is 9.18 Å². The maximum Gasteiger partial charge on any atom is 0.335 e. The van der Waals surface area contributed by atoms with Crippen LogP contribution in [0.1, 0.15) is 31.9 Å². The minimum absolute atomic E-state index is 0.0504. The molecule has 1 heterocycles. The number of carboxylic acids is 1. The van der Waals surface area contributed by atoms with Crippen molar-refractivity contribution in [2.24, 2.45) is 0 Å². The van der Waals surface area contributed by atoms with Gasteiger partial charge in [0.2, 0.25) is 0 Å². The lowest BCUT2D eigenvalue weighted by Gasteiger charge is -2.33. The molecular weight excluding hydrogens is 290 g/mol. The molecule has 3 unspecified atom stereocenters. The van der Waals surface area contributed by atoms with Gasteiger partial charge >= 0.3 is 5.97 Å². The molecule has 3 nitrogen and oxygen atoms in total. The normalized spacial score (nSPS) is 19.1. The van der Waals surface area contributed by atoms with Gasteiger partial charge < -0.3 is 9.84 Å². The first-order valence-electron chi connectivity index (χ1n) is 6.96. The number of aliphatic carboxylic acids is 1. The Hall–Kier alpha value is -1.41. The van der Waals surface area contributed by atoms with Crippen LogP contribution < -0.4 is 4.74 Å². The smallest absolute Gasteiger partial charge is 0.335 e. The Kier molecular flexibility index (Phi) is 5.91. The molecule has 0 aliphatic carbocycles. The van der Waals surface area contributed by atoms with E-state index < -0.39 is 17.7 Å². The summed E-state index contributed by atoms with van der Waals surface area (Å²) in [6, 6.07) is 5.42. The fourth-order valence-corrected chi connectivity index (χ4v) is 2.26. The third-order valence-corrected chi connectivity index (χ3v) is 3.99. The highest BCUT2D eigenvalue weighted by Crippen LogP contribution is 2.36. The number of carbonyl (C=O) groups is 1. The van der Waals surface area contributed by atoms with E-state index in [1.807, 2.05) is 32.9 Å². The highest BCUT2D eigenvalue weighted by molar-refractivity contribution is 7.16. The minimum Gasteiger partial charge on any atom is -0.481 e. The fraction of sp³-hybridized carbons (Fsp3) is 0.438. The molecule has 0 spiro atoms. The van der Waals surface area contributed by atoms with Crippen molar-refractivity contribution in [1.29, 1.82) is 0 Å². The highest BCUT2D eigenvalue weighted by atomic mass is 31.0. The molecule has 2 rings (SSSR count). The Bertz CT molecular complexity index is 552. The molecule has 0 saturated carbocycles. The third kappa shape index (κ3) is 3.82. The molecule has 0 radical (unpaired) electrons. The predicted octanol–water partition coefficient (Wildman–Crippen LogP) is 3.85. The standard InChI is InChI=1S/C14H16FO3P.C2H6/c1-8-3-4-11-9(5-8)6-10(13(16)17)12(18-11)14(2,15)7-19;1-2/h3-6,12H,7,19H2,1-2H3,(H,16,17);1-2H3. The number of hydrogen-bond donors (Lipinski definition) is 1. The Morgan fingerprint density at radius 1 is 1.48 bits per heavy atom. The van der Waals surface area contributed by atoms with Crippen molar-refractivity contribution in [2.45, 2.75) is 39.5 Å². The lowest BCUT2D eigenvalue weighted by molar-refractivity contribution is -0.134. The van der Waals surface area contributed by atoms with E-state index in [1.54, 1.807) is 6.07 Å². The zero-order valence-electron chi connectivity index (χ0n) is 12.8. The molecule has 0 amide bonds. The number of hydrogen-bond acceptors (Lipinski definition) is 2. The Labute approximate surface area is 127 Å². The SMILES string of the molecule is CC.Cc1ccc2c(c1)C=C(C(=O)O)C(C(C)(F)CP)O2. The van der Waals surface area contributed by atoms with Gasteiger partial charge in [-0.3, -0.25) is 0 Å². The van der Waals surface area contributed by atoms with Crippen molar-refractivity contribution in [2.75, 3.05) is 6.16 Å².